The van der Waals surface area contributed by atoms with Crippen LogP contribution in [0.4, 0.5) is 0 Å². The lowest BCUT2D eigenvalue weighted by Gasteiger charge is -2.23. The van der Waals surface area contributed by atoms with E-state index in [1.54, 1.807) is 26.0 Å². The second-order valence-corrected chi connectivity index (χ2v) is 6.05. The fourth-order valence-electron chi connectivity index (χ4n) is 2.80. The fourth-order valence-corrected chi connectivity index (χ4v) is 2.80. The van der Waals surface area contributed by atoms with Gasteiger partial charge in [-0.05, 0) is 39.0 Å². The highest BCUT2D eigenvalue weighted by molar-refractivity contribution is 5.98. The Labute approximate surface area is 134 Å². The van der Waals surface area contributed by atoms with E-state index in [2.05, 4.69) is 10.3 Å². The summed E-state index contributed by atoms with van der Waals surface area (Å²) in [6.07, 6.45) is 0. The van der Waals surface area contributed by atoms with Crippen LogP contribution in [0, 0.1) is 13.8 Å². The Morgan fingerprint density at radius 2 is 2.04 bits per heavy atom. The van der Waals surface area contributed by atoms with E-state index in [9.17, 15) is 9.90 Å². The Balaban J connectivity index is 1.74. The first kappa shape index (κ1) is 15.4. The molecule has 1 amide bonds. The monoisotopic (exact) mass is 312 g/mol. The molecule has 0 aliphatic rings. The Kier molecular flexibility index (Phi) is 3.74. The van der Waals surface area contributed by atoms with Crippen molar-refractivity contribution in [2.45, 2.75) is 26.4 Å². The number of carbonyl (C=O) groups excluding carboxylic acids is 1. The van der Waals surface area contributed by atoms with Gasteiger partial charge in [0.15, 0.2) is 0 Å². The molecule has 0 bridgehead atoms. The number of hydrogen-bond donors (Lipinski definition) is 3. The van der Waals surface area contributed by atoms with Gasteiger partial charge in [-0.25, -0.2) is 0 Å². The van der Waals surface area contributed by atoms with Crippen LogP contribution in [-0.4, -0.2) is 22.5 Å². The minimum Gasteiger partial charge on any atom is -0.466 e. The molecule has 0 fully saturated rings. The molecule has 3 N–H and O–H groups in total. The lowest BCUT2D eigenvalue weighted by molar-refractivity contribution is 0.0513. The number of para-hydroxylation sites is 1. The number of rotatable bonds is 4. The number of H-pyrrole nitrogens is 1. The van der Waals surface area contributed by atoms with Gasteiger partial charge in [-0.1, -0.05) is 18.2 Å². The van der Waals surface area contributed by atoms with Gasteiger partial charge >= 0.3 is 0 Å². The zero-order chi connectivity index (χ0) is 16.6. The number of aromatic nitrogens is 1. The Hall–Kier alpha value is -2.53. The van der Waals surface area contributed by atoms with Crippen LogP contribution in [0.15, 0.2) is 40.8 Å². The number of carbonyl (C=O) groups is 1. The number of amides is 1. The van der Waals surface area contributed by atoms with Crippen molar-refractivity contribution in [3.05, 3.63) is 59.2 Å². The Morgan fingerprint density at radius 3 is 2.70 bits per heavy atom. The molecule has 120 valence electrons. The van der Waals surface area contributed by atoms with E-state index in [0.29, 0.717) is 17.0 Å². The first-order valence-electron chi connectivity index (χ1n) is 7.53. The number of aromatic amines is 1. The maximum Gasteiger partial charge on any atom is 0.267 e. The van der Waals surface area contributed by atoms with Crippen molar-refractivity contribution in [2.24, 2.45) is 0 Å². The minimum absolute atomic E-state index is 0.0982. The number of nitrogens with one attached hydrogen (secondary N) is 2. The average Bonchev–Trinajstić information content (AvgIpc) is 3.08. The van der Waals surface area contributed by atoms with Crippen molar-refractivity contribution in [1.82, 2.24) is 10.3 Å². The molecule has 0 saturated carbocycles. The van der Waals surface area contributed by atoms with Crippen LogP contribution >= 0.6 is 0 Å². The Morgan fingerprint density at radius 1 is 1.30 bits per heavy atom. The van der Waals surface area contributed by atoms with Crippen molar-refractivity contribution in [2.75, 3.05) is 6.54 Å². The van der Waals surface area contributed by atoms with E-state index in [4.69, 9.17) is 4.42 Å². The predicted molar refractivity (Wildman–Crippen MR) is 88.4 cm³/mol. The van der Waals surface area contributed by atoms with E-state index >= 15 is 0 Å². The zero-order valence-corrected chi connectivity index (χ0v) is 13.4. The molecule has 0 spiro atoms. The largest absolute Gasteiger partial charge is 0.466 e. The summed E-state index contributed by atoms with van der Waals surface area (Å²) in [7, 11) is 0. The molecule has 1 unspecified atom stereocenters. The number of aliphatic hydroxyl groups is 1. The molecular weight excluding hydrogens is 292 g/mol. The van der Waals surface area contributed by atoms with Gasteiger partial charge in [-0.3, -0.25) is 4.79 Å². The summed E-state index contributed by atoms with van der Waals surface area (Å²) in [6.45, 7) is 5.39. The topological polar surface area (TPSA) is 78.3 Å². The molecule has 1 atom stereocenters. The summed E-state index contributed by atoms with van der Waals surface area (Å²) in [5, 5.41) is 14.4. The van der Waals surface area contributed by atoms with Crippen LogP contribution in [0.1, 0.15) is 34.5 Å². The van der Waals surface area contributed by atoms with Crippen LogP contribution in [-0.2, 0) is 5.60 Å². The average molecular weight is 312 g/mol. The second kappa shape index (κ2) is 5.59. The van der Waals surface area contributed by atoms with Gasteiger partial charge in [0, 0.05) is 16.5 Å². The molecular formula is C18H20N2O3. The molecule has 3 rings (SSSR count). The number of furan rings is 1. The SMILES string of the molecule is Cc1cc(C(C)(O)CNC(=O)c2cc3ccccc3[nH]2)c(C)o1. The fraction of sp³-hybridized carbons (Fsp3) is 0.278. The van der Waals surface area contributed by atoms with E-state index < -0.39 is 5.60 Å². The van der Waals surface area contributed by atoms with Crippen LogP contribution < -0.4 is 5.32 Å². The summed E-state index contributed by atoms with van der Waals surface area (Å²) < 4.78 is 5.45. The lowest BCUT2D eigenvalue weighted by Crippen LogP contribution is -2.38. The minimum atomic E-state index is -1.19. The number of fused-ring (bicyclic) bond motifs is 1. The van der Waals surface area contributed by atoms with Crippen molar-refractivity contribution >= 4 is 16.8 Å². The quantitative estimate of drug-likeness (QED) is 0.693. The van der Waals surface area contributed by atoms with Crippen molar-refractivity contribution in [3.8, 4) is 0 Å². The van der Waals surface area contributed by atoms with Crippen LogP contribution in [0.5, 0.6) is 0 Å². The number of hydrogen-bond acceptors (Lipinski definition) is 3. The molecule has 0 radical (unpaired) electrons. The summed E-state index contributed by atoms with van der Waals surface area (Å²) in [6, 6.07) is 11.3. The smallest absolute Gasteiger partial charge is 0.267 e. The summed E-state index contributed by atoms with van der Waals surface area (Å²) in [4.78, 5) is 15.4. The van der Waals surface area contributed by atoms with E-state index in [1.807, 2.05) is 31.2 Å². The standard InChI is InChI=1S/C18H20N2O3/c1-11-8-14(12(2)23-11)18(3,22)10-19-17(21)16-9-13-6-4-5-7-15(13)20-16/h4-9,20,22H,10H2,1-3H3,(H,19,21). The highest BCUT2D eigenvalue weighted by atomic mass is 16.3. The third-order valence-corrected chi connectivity index (χ3v) is 3.99. The first-order valence-corrected chi connectivity index (χ1v) is 7.53. The van der Waals surface area contributed by atoms with Crippen molar-refractivity contribution < 1.29 is 14.3 Å². The normalized spacial score (nSPS) is 13.9. The maximum absolute atomic E-state index is 12.3. The van der Waals surface area contributed by atoms with Crippen LogP contribution in [0.3, 0.4) is 0 Å². The molecule has 5 heteroatoms. The van der Waals surface area contributed by atoms with Gasteiger partial charge in [0.2, 0.25) is 0 Å². The van der Waals surface area contributed by atoms with Gasteiger partial charge in [0.1, 0.15) is 22.8 Å². The third kappa shape index (κ3) is 3.00. The zero-order valence-electron chi connectivity index (χ0n) is 13.4. The van der Waals surface area contributed by atoms with Gasteiger partial charge < -0.3 is 19.8 Å². The van der Waals surface area contributed by atoms with Crippen molar-refractivity contribution in [1.29, 1.82) is 0 Å². The van der Waals surface area contributed by atoms with Gasteiger partial charge in [0.25, 0.3) is 5.91 Å². The molecule has 0 aliphatic carbocycles. The maximum atomic E-state index is 12.3. The Bertz CT molecular complexity index is 825. The predicted octanol–water partition coefficient (Wildman–Crippen LogP) is 3.02. The number of aryl methyl sites for hydroxylation is 2. The molecule has 5 nitrogen and oxygen atoms in total. The molecule has 0 aliphatic heterocycles. The van der Waals surface area contributed by atoms with Gasteiger partial charge in [0.05, 0.1) is 6.54 Å². The van der Waals surface area contributed by atoms with Crippen LogP contribution in [0.2, 0.25) is 0 Å². The van der Waals surface area contributed by atoms with Crippen LogP contribution in [0.25, 0.3) is 10.9 Å². The number of benzene rings is 1. The molecule has 23 heavy (non-hydrogen) atoms. The van der Waals surface area contributed by atoms with E-state index in [1.165, 1.54) is 0 Å². The highest BCUT2D eigenvalue weighted by Gasteiger charge is 2.28. The third-order valence-electron chi connectivity index (χ3n) is 3.99. The summed E-state index contributed by atoms with van der Waals surface area (Å²) in [5.41, 5.74) is 0.878. The molecule has 3 aromatic rings. The van der Waals surface area contributed by atoms with Crippen molar-refractivity contribution in [3.63, 3.8) is 0 Å². The second-order valence-electron chi connectivity index (χ2n) is 6.05. The molecule has 1 aromatic carbocycles. The summed E-state index contributed by atoms with van der Waals surface area (Å²) >= 11 is 0. The summed E-state index contributed by atoms with van der Waals surface area (Å²) in [5.74, 6) is 1.14. The van der Waals surface area contributed by atoms with E-state index in [0.717, 1.165) is 16.7 Å². The van der Waals surface area contributed by atoms with Gasteiger partial charge in [-0.15, -0.1) is 0 Å². The lowest BCUT2D eigenvalue weighted by atomic mass is 9.96. The molecule has 2 aromatic heterocycles. The van der Waals surface area contributed by atoms with E-state index in [-0.39, 0.29) is 12.5 Å². The van der Waals surface area contributed by atoms with Gasteiger partial charge in [-0.2, -0.15) is 0 Å². The first-order chi connectivity index (χ1) is 10.9. The highest BCUT2D eigenvalue weighted by Crippen LogP contribution is 2.26. The molecule has 2 heterocycles. The molecule has 0 saturated heterocycles.